The molecule has 1 saturated carbocycles. The van der Waals surface area contributed by atoms with E-state index in [1.807, 2.05) is 12.1 Å². The van der Waals surface area contributed by atoms with Crippen molar-refractivity contribution in [1.29, 1.82) is 0 Å². The van der Waals surface area contributed by atoms with Crippen LogP contribution in [0.3, 0.4) is 0 Å². The Kier molecular flexibility index (Phi) is 4.19. The van der Waals surface area contributed by atoms with Crippen molar-refractivity contribution in [2.24, 2.45) is 11.8 Å². The molecule has 2 rings (SSSR count). The van der Waals surface area contributed by atoms with Gasteiger partial charge in [0.15, 0.2) is 0 Å². The van der Waals surface area contributed by atoms with Crippen LogP contribution in [0.1, 0.15) is 38.7 Å². The summed E-state index contributed by atoms with van der Waals surface area (Å²) < 4.78 is 6.07. The minimum Gasteiger partial charge on any atom is -0.489 e. The number of rotatable bonds is 2. The quantitative estimate of drug-likeness (QED) is 0.712. The average molecular weight is 263 g/mol. The molecule has 0 bridgehead atoms. The standard InChI is InChI=1S/C16H19ClO/c1-4-13-8-9-16(14(17)10-13)18-15-7-5-6-11(2)12(15)3/h1,8-12,15H,5-7H2,2-3H3. The van der Waals surface area contributed by atoms with Crippen molar-refractivity contribution < 1.29 is 4.74 Å². The van der Waals surface area contributed by atoms with Crippen molar-refractivity contribution >= 4 is 11.6 Å². The summed E-state index contributed by atoms with van der Waals surface area (Å²) in [6.07, 6.45) is 9.25. The first-order valence-corrected chi connectivity index (χ1v) is 6.92. The molecule has 3 atom stereocenters. The van der Waals surface area contributed by atoms with Gasteiger partial charge in [0.25, 0.3) is 0 Å². The molecular formula is C16H19ClO. The van der Waals surface area contributed by atoms with Crippen LogP contribution in [0.4, 0.5) is 0 Å². The third kappa shape index (κ3) is 2.82. The lowest BCUT2D eigenvalue weighted by Gasteiger charge is -2.34. The van der Waals surface area contributed by atoms with E-state index in [9.17, 15) is 0 Å². The fraction of sp³-hybridized carbons (Fsp3) is 0.500. The third-order valence-corrected chi connectivity index (χ3v) is 4.30. The molecule has 1 aromatic carbocycles. The van der Waals surface area contributed by atoms with Crippen molar-refractivity contribution in [1.82, 2.24) is 0 Å². The SMILES string of the molecule is C#Cc1ccc(OC2CCCC(C)C2C)c(Cl)c1. The molecule has 0 aromatic heterocycles. The Labute approximate surface area is 114 Å². The van der Waals surface area contributed by atoms with Crippen LogP contribution < -0.4 is 4.74 Å². The van der Waals surface area contributed by atoms with Gasteiger partial charge in [-0.15, -0.1) is 6.42 Å². The maximum absolute atomic E-state index is 6.19. The normalized spacial score (nSPS) is 27.6. The fourth-order valence-electron chi connectivity index (χ4n) is 2.55. The summed E-state index contributed by atoms with van der Waals surface area (Å²) >= 11 is 6.19. The topological polar surface area (TPSA) is 9.23 Å². The van der Waals surface area contributed by atoms with Gasteiger partial charge in [0.1, 0.15) is 11.9 Å². The van der Waals surface area contributed by atoms with Gasteiger partial charge in [-0.3, -0.25) is 0 Å². The lowest BCUT2D eigenvalue weighted by molar-refractivity contribution is 0.0693. The number of halogens is 1. The number of terminal acetylenes is 1. The molecule has 18 heavy (non-hydrogen) atoms. The molecule has 0 spiro atoms. The molecule has 0 N–H and O–H groups in total. The van der Waals surface area contributed by atoms with Crippen LogP contribution in [0.2, 0.25) is 5.02 Å². The van der Waals surface area contributed by atoms with Crippen LogP contribution in [0.15, 0.2) is 18.2 Å². The highest BCUT2D eigenvalue weighted by Crippen LogP contribution is 2.34. The molecule has 1 aliphatic rings. The van der Waals surface area contributed by atoms with E-state index in [0.29, 0.717) is 16.9 Å². The zero-order chi connectivity index (χ0) is 13.1. The maximum atomic E-state index is 6.19. The number of ether oxygens (including phenoxy) is 1. The highest BCUT2D eigenvalue weighted by molar-refractivity contribution is 6.32. The number of benzene rings is 1. The van der Waals surface area contributed by atoms with Gasteiger partial charge in [0.2, 0.25) is 0 Å². The molecule has 1 aromatic rings. The Hall–Kier alpha value is -1.13. The second-order valence-corrected chi connectivity index (χ2v) is 5.62. The lowest BCUT2D eigenvalue weighted by Crippen LogP contribution is -2.33. The summed E-state index contributed by atoms with van der Waals surface area (Å²) in [6.45, 7) is 4.56. The van der Waals surface area contributed by atoms with Crippen molar-refractivity contribution in [3.63, 3.8) is 0 Å². The van der Waals surface area contributed by atoms with E-state index in [0.717, 1.165) is 17.7 Å². The van der Waals surface area contributed by atoms with Gasteiger partial charge in [-0.25, -0.2) is 0 Å². The molecule has 0 radical (unpaired) electrons. The molecule has 0 saturated heterocycles. The zero-order valence-corrected chi connectivity index (χ0v) is 11.7. The van der Waals surface area contributed by atoms with Crippen molar-refractivity contribution in [3.05, 3.63) is 28.8 Å². The predicted molar refractivity (Wildman–Crippen MR) is 76.0 cm³/mol. The highest BCUT2D eigenvalue weighted by Gasteiger charge is 2.28. The summed E-state index contributed by atoms with van der Waals surface area (Å²) in [5.74, 6) is 4.61. The summed E-state index contributed by atoms with van der Waals surface area (Å²) in [7, 11) is 0. The highest BCUT2D eigenvalue weighted by atomic mass is 35.5. The van der Waals surface area contributed by atoms with Gasteiger partial charge < -0.3 is 4.74 Å². The first-order valence-electron chi connectivity index (χ1n) is 6.54. The summed E-state index contributed by atoms with van der Waals surface area (Å²) in [6, 6.07) is 5.54. The first kappa shape index (κ1) is 13.3. The Morgan fingerprint density at radius 1 is 1.33 bits per heavy atom. The van der Waals surface area contributed by atoms with E-state index >= 15 is 0 Å². The molecule has 0 heterocycles. The third-order valence-electron chi connectivity index (χ3n) is 4.01. The van der Waals surface area contributed by atoms with E-state index in [-0.39, 0.29) is 6.10 Å². The van der Waals surface area contributed by atoms with Gasteiger partial charge in [-0.05, 0) is 42.9 Å². The van der Waals surface area contributed by atoms with Crippen LogP contribution >= 0.6 is 11.6 Å². The van der Waals surface area contributed by atoms with Crippen LogP contribution in [-0.4, -0.2) is 6.10 Å². The first-order chi connectivity index (χ1) is 8.61. The van der Waals surface area contributed by atoms with Crippen LogP contribution in [0, 0.1) is 24.2 Å². The molecule has 96 valence electrons. The van der Waals surface area contributed by atoms with Gasteiger partial charge in [0.05, 0.1) is 5.02 Å². The molecule has 1 nitrogen and oxygen atoms in total. The van der Waals surface area contributed by atoms with E-state index < -0.39 is 0 Å². The average Bonchev–Trinajstić information content (AvgIpc) is 2.37. The fourth-order valence-corrected chi connectivity index (χ4v) is 2.77. The second-order valence-electron chi connectivity index (χ2n) is 5.21. The monoisotopic (exact) mass is 262 g/mol. The van der Waals surface area contributed by atoms with Crippen molar-refractivity contribution in [2.45, 2.75) is 39.2 Å². The Bertz CT molecular complexity index is 461. The molecule has 1 aliphatic carbocycles. The minimum atomic E-state index is 0.267. The van der Waals surface area contributed by atoms with Crippen molar-refractivity contribution in [3.8, 4) is 18.1 Å². The molecular weight excluding hydrogens is 244 g/mol. The van der Waals surface area contributed by atoms with Gasteiger partial charge >= 0.3 is 0 Å². The molecule has 0 aliphatic heterocycles. The van der Waals surface area contributed by atoms with E-state index in [4.69, 9.17) is 22.8 Å². The zero-order valence-electron chi connectivity index (χ0n) is 10.9. The maximum Gasteiger partial charge on any atom is 0.138 e. The van der Waals surface area contributed by atoms with E-state index in [1.54, 1.807) is 6.07 Å². The van der Waals surface area contributed by atoms with Crippen LogP contribution in [-0.2, 0) is 0 Å². The van der Waals surface area contributed by atoms with E-state index in [1.165, 1.54) is 12.8 Å². The largest absolute Gasteiger partial charge is 0.489 e. The predicted octanol–water partition coefficient (Wildman–Crippen LogP) is 4.52. The number of hydrogen-bond donors (Lipinski definition) is 0. The van der Waals surface area contributed by atoms with Crippen LogP contribution in [0.25, 0.3) is 0 Å². The molecule has 0 amide bonds. The molecule has 3 unspecified atom stereocenters. The smallest absolute Gasteiger partial charge is 0.138 e. The Morgan fingerprint density at radius 3 is 2.78 bits per heavy atom. The summed E-state index contributed by atoms with van der Waals surface area (Å²) in [4.78, 5) is 0. The minimum absolute atomic E-state index is 0.267. The second kappa shape index (κ2) is 5.67. The molecule has 2 heteroatoms. The Morgan fingerprint density at radius 2 is 2.11 bits per heavy atom. The van der Waals surface area contributed by atoms with Gasteiger partial charge in [-0.2, -0.15) is 0 Å². The molecule has 1 fully saturated rings. The van der Waals surface area contributed by atoms with Gasteiger partial charge in [-0.1, -0.05) is 37.8 Å². The summed E-state index contributed by atoms with van der Waals surface area (Å²) in [5, 5.41) is 0.607. The van der Waals surface area contributed by atoms with Crippen LogP contribution in [0.5, 0.6) is 5.75 Å². The Balaban J connectivity index is 2.12. The van der Waals surface area contributed by atoms with Gasteiger partial charge in [0, 0.05) is 5.56 Å². The lowest BCUT2D eigenvalue weighted by atomic mass is 9.79. The van der Waals surface area contributed by atoms with E-state index in [2.05, 4.69) is 19.8 Å². The number of hydrogen-bond acceptors (Lipinski definition) is 1. The summed E-state index contributed by atoms with van der Waals surface area (Å²) in [5.41, 5.74) is 0.789. The van der Waals surface area contributed by atoms with Crippen molar-refractivity contribution in [2.75, 3.05) is 0 Å².